The van der Waals surface area contributed by atoms with E-state index in [4.69, 9.17) is 4.65 Å². The summed E-state index contributed by atoms with van der Waals surface area (Å²) in [5.74, 6) is 0. The summed E-state index contributed by atoms with van der Waals surface area (Å²) in [5.41, 5.74) is 0.944. The minimum absolute atomic E-state index is 0.664. The first-order chi connectivity index (χ1) is 10.2. The Morgan fingerprint density at radius 3 is 1.82 bits per heavy atom. The van der Waals surface area contributed by atoms with E-state index in [0.717, 1.165) is 11.1 Å². The van der Waals surface area contributed by atoms with Gasteiger partial charge in [0.05, 0.1) is 11.2 Å². The first kappa shape index (κ1) is 16.8. The fraction of sp³-hybridized carbons (Fsp3) is 0.333. The second kappa shape index (κ2) is 6.25. The molecule has 0 radical (unpaired) electrons. The summed E-state index contributed by atoms with van der Waals surface area (Å²) in [6.07, 6.45) is 0. The highest BCUT2D eigenvalue weighted by molar-refractivity contribution is 6.60. The lowest BCUT2D eigenvalue weighted by molar-refractivity contribution is -0.0982. The molecule has 0 atom stereocenters. The molecule has 0 aromatic heterocycles. The van der Waals surface area contributed by atoms with Crippen molar-refractivity contribution in [3.05, 3.63) is 54.6 Å². The van der Waals surface area contributed by atoms with Gasteiger partial charge >= 0.3 is 7.12 Å². The molecule has 0 bridgehead atoms. The molecule has 4 heteroatoms. The topological polar surface area (TPSA) is 49.7 Å². The average molecular weight is 298 g/mol. The number of hydrogen-bond donors (Lipinski definition) is 2. The Balaban J connectivity index is 2.14. The van der Waals surface area contributed by atoms with E-state index in [-0.39, 0.29) is 0 Å². The number of rotatable bonds is 5. The fourth-order valence-corrected chi connectivity index (χ4v) is 1.96. The number of aliphatic hydroxyl groups is 1. The molecule has 2 aromatic carbocycles. The molecule has 0 saturated heterocycles. The van der Waals surface area contributed by atoms with Crippen LogP contribution in [-0.4, -0.2) is 28.5 Å². The van der Waals surface area contributed by atoms with E-state index in [2.05, 4.69) is 0 Å². The predicted octanol–water partition coefficient (Wildman–Crippen LogP) is 2.61. The molecule has 0 amide bonds. The summed E-state index contributed by atoms with van der Waals surface area (Å²) < 4.78 is 5.64. The van der Waals surface area contributed by atoms with Crippen LogP contribution in [-0.2, 0) is 4.65 Å². The highest BCUT2D eigenvalue weighted by Crippen LogP contribution is 2.25. The SMILES string of the molecule is CC(C)(O)C(C)(C)OB(O)c1ccc(-c2ccccc2)cc1. The van der Waals surface area contributed by atoms with E-state index in [9.17, 15) is 10.1 Å². The van der Waals surface area contributed by atoms with Crippen LogP contribution in [0, 0.1) is 0 Å². The van der Waals surface area contributed by atoms with Crippen molar-refractivity contribution in [3.63, 3.8) is 0 Å². The first-order valence-corrected chi connectivity index (χ1v) is 7.44. The molecule has 0 saturated carbocycles. The van der Waals surface area contributed by atoms with E-state index < -0.39 is 18.3 Å². The van der Waals surface area contributed by atoms with Gasteiger partial charge in [0.2, 0.25) is 0 Å². The predicted molar refractivity (Wildman–Crippen MR) is 90.9 cm³/mol. The third kappa shape index (κ3) is 3.77. The molecule has 2 aromatic rings. The van der Waals surface area contributed by atoms with Gasteiger partial charge in [0.15, 0.2) is 0 Å². The van der Waals surface area contributed by atoms with E-state index >= 15 is 0 Å². The van der Waals surface area contributed by atoms with Crippen molar-refractivity contribution in [2.24, 2.45) is 0 Å². The monoisotopic (exact) mass is 298 g/mol. The van der Waals surface area contributed by atoms with Crippen LogP contribution in [0.1, 0.15) is 27.7 Å². The molecule has 2 rings (SSSR count). The summed E-state index contributed by atoms with van der Waals surface area (Å²) in [7, 11) is -1.08. The molecule has 0 aliphatic heterocycles. The van der Waals surface area contributed by atoms with Crippen LogP contribution in [0.3, 0.4) is 0 Å². The van der Waals surface area contributed by atoms with Gasteiger partial charge in [-0.15, -0.1) is 0 Å². The van der Waals surface area contributed by atoms with Gasteiger partial charge in [0.25, 0.3) is 0 Å². The Labute approximate surface area is 132 Å². The van der Waals surface area contributed by atoms with Gasteiger partial charge in [-0.05, 0) is 44.3 Å². The summed E-state index contributed by atoms with van der Waals surface area (Å²) in [5, 5.41) is 20.3. The fourth-order valence-electron chi connectivity index (χ4n) is 1.96. The maximum absolute atomic E-state index is 10.2. The normalized spacial score (nSPS) is 12.3. The Morgan fingerprint density at radius 1 is 0.818 bits per heavy atom. The largest absolute Gasteiger partial charge is 0.491 e. The Morgan fingerprint density at radius 2 is 1.32 bits per heavy atom. The van der Waals surface area contributed by atoms with Gasteiger partial charge in [-0.1, -0.05) is 54.6 Å². The van der Waals surface area contributed by atoms with E-state index in [1.165, 1.54) is 0 Å². The summed E-state index contributed by atoms with van der Waals surface area (Å²) in [4.78, 5) is 0. The molecule has 0 aliphatic carbocycles. The lowest BCUT2D eigenvalue weighted by atomic mass is 9.76. The molecule has 22 heavy (non-hydrogen) atoms. The lowest BCUT2D eigenvalue weighted by Gasteiger charge is -2.38. The minimum atomic E-state index is -1.08. The van der Waals surface area contributed by atoms with Crippen molar-refractivity contribution >= 4 is 12.6 Å². The third-order valence-electron chi connectivity index (χ3n) is 4.18. The maximum Gasteiger partial charge on any atom is 0.491 e. The van der Waals surface area contributed by atoms with Gasteiger partial charge < -0.3 is 14.8 Å². The molecule has 2 N–H and O–H groups in total. The van der Waals surface area contributed by atoms with Crippen molar-refractivity contribution < 1.29 is 14.8 Å². The van der Waals surface area contributed by atoms with Crippen molar-refractivity contribution in [1.29, 1.82) is 0 Å². The van der Waals surface area contributed by atoms with Crippen molar-refractivity contribution in [1.82, 2.24) is 0 Å². The van der Waals surface area contributed by atoms with Crippen LogP contribution in [0.2, 0.25) is 0 Å². The van der Waals surface area contributed by atoms with Crippen LogP contribution in [0.25, 0.3) is 11.1 Å². The average Bonchev–Trinajstić information content (AvgIpc) is 2.47. The maximum atomic E-state index is 10.2. The third-order valence-corrected chi connectivity index (χ3v) is 4.18. The smallest absolute Gasteiger partial charge is 0.423 e. The zero-order valence-corrected chi connectivity index (χ0v) is 13.6. The van der Waals surface area contributed by atoms with Crippen LogP contribution in [0.5, 0.6) is 0 Å². The highest BCUT2D eigenvalue weighted by Gasteiger charge is 2.39. The van der Waals surface area contributed by atoms with Crippen LogP contribution in [0.15, 0.2) is 54.6 Å². The molecule has 0 heterocycles. The molecule has 0 aliphatic rings. The van der Waals surface area contributed by atoms with Crippen LogP contribution >= 0.6 is 0 Å². The second-order valence-electron chi connectivity index (χ2n) is 6.53. The zero-order chi connectivity index (χ0) is 16.4. The molecule has 0 fully saturated rings. The first-order valence-electron chi connectivity index (χ1n) is 7.44. The highest BCUT2D eigenvalue weighted by atomic mass is 16.5. The summed E-state index contributed by atoms with van der Waals surface area (Å²) in [6, 6.07) is 17.6. The van der Waals surface area contributed by atoms with Crippen LogP contribution in [0.4, 0.5) is 0 Å². The Hall–Kier alpha value is -1.62. The molecule has 0 unspecified atom stereocenters. The summed E-state index contributed by atoms with van der Waals surface area (Å²) in [6.45, 7) is 6.85. The lowest BCUT2D eigenvalue weighted by Crippen LogP contribution is -2.53. The number of hydrogen-bond acceptors (Lipinski definition) is 3. The molecule has 0 spiro atoms. The quantitative estimate of drug-likeness (QED) is 0.834. The Bertz CT molecular complexity index is 600. The molecular formula is C18H23BO3. The zero-order valence-electron chi connectivity index (χ0n) is 13.6. The van der Waals surface area contributed by atoms with Crippen molar-refractivity contribution in [3.8, 4) is 11.1 Å². The van der Waals surface area contributed by atoms with Crippen molar-refractivity contribution in [2.75, 3.05) is 0 Å². The van der Waals surface area contributed by atoms with Gasteiger partial charge in [-0.25, -0.2) is 0 Å². The van der Waals surface area contributed by atoms with E-state index in [1.54, 1.807) is 27.7 Å². The van der Waals surface area contributed by atoms with E-state index in [0.29, 0.717) is 5.46 Å². The van der Waals surface area contributed by atoms with E-state index in [1.807, 2.05) is 54.6 Å². The molecule has 3 nitrogen and oxygen atoms in total. The van der Waals surface area contributed by atoms with Gasteiger partial charge in [-0.3, -0.25) is 0 Å². The molecular weight excluding hydrogens is 275 g/mol. The summed E-state index contributed by atoms with van der Waals surface area (Å²) >= 11 is 0. The minimum Gasteiger partial charge on any atom is -0.423 e. The standard InChI is InChI=1S/C18H23BO3/c1-17(2,20)18(3,4)22-19(21)16-12-10-15(11-13-16)14-8-6-5-7-9-14/h5-13,20-21H,1-4H3. The second-order valence-corrected chi connectivity index (χ2v) is 6.53. The molecule has 116 valence electrons. The number of benzene rings is 2. The van der Waals surface area contributed by atoms with Crippen LogP contribution < -0.4 is 5.46 Å². The van der Waals surface area contributed by atoms with Gasteiger partial charge in [-0.2, -0.15) is 0 Å². The Kier molecular flexibility index (Phi) is 4.76. The van der Waals surface area contributed by atoms with Gasteiger partial charge in [0, 0.05) is 0 Å². The van der Waals surface area contributed by atoms with Gasteiger partial charge in [0.1, 0.15) is 0 Å². The van der Waals surface area contributed by atoms with Crippen molar-refractivity contribution in [2.45, 2.75) is 38.9 Å².